The van der Waals surface area contributed by atoms with Crippen molar-refractivity contribution in [2.24, 2.45) is 24.5 Å². The standard InChI is InChI=1S/C4H5N5O2S/c5-3-2-4(7-1-6-2)9-12(10,11)8-3/h1-2H,(H3,5,6,7,8,9,10,11). The number of rotatable bonds is 0. The van der Waals surface area contributed by atoms with E-state index in [1.165, 1.54) is 6.34 Å². The summed E-state index contributed by atoms with van der Waals surface area (Å²) in [5.74, 6) is 0.125. The molecule has 2 atom stereocenters. The molecule has 0 saturated carbocycles. The minimum atomic E-state index is -3.56. The monoisotopic (exact) mass is 187 g/mol. The largest absolute Gasteiger partial charge is 0.384 e. The van der Waals surface area contributed by atoms with E-state index in [0.29, 0.717) is 0 Å². The molecule has 7 nitrogen and oxygen atoms in total. The van der Waals surface area contributed by atoms with Crippen LogP contribution in [0.4, 0.5) is 0 Å². The van der Waals surface area contributed by atoms with Crippen LogP contribution in [-0.4, -0.2) is 32.8 Å². The van der Waals surface area contributed by atoms with Crippen LogP contribution in [0.25, 0.3) is 0 Å². The molecule has 3 N–H and O–H groups in total. The summed E-state index contributed by atoms with van der Waals surface area (Å²) < 4.78 is 26.5. The zero-order valence-corrected chi connectivity index (χ0v) is 6.60. The van der Waals surface area contributed by atoms with Crippen molar-refractivity contribution in [3.8, 4) is 0 Å². The molecule has 8 heteroatoms. The Morgan fingerprint density at radius 3 is 3.17 bits per heavy atom. The van der Waals surface area contributed by atoms with Crippen LogP contribution in [0.15, 0.2) is 18.7 Å². The fourth-order valence-corrected chi connectivity index (χ4v) is 1.71. The van der Waals surface area contributed by atoms with Crippen LogP contribution >= 0.6 is 0 Å². The number of fused-ring (bicyclic) bond motifs is 1. The van der Waals surface area contributed by atoms with Crippen LogP contribution in [0.1, 0.15) is 0 Å². The van der Waals surface area contributed by atoms with Crippen molar-refractivity contribution in [2.75, 3.05) is 0 Å². The van der Waals surface area contributed by atoms with Gasteiger partial charge in [-0.15, -0.1) is 8.76 Å². The Morgan fingerprint density at radius 1 is 1.67 bits per heavy atom. The molecule has 0 aromatic carbocycles. The van der Waals surface area contributed by atoms with E-state index in [-0.39, 0.29) is 11.7 Å². The molecule has 0 saturated heterocycles. The van der Waals surface area contributed by atoms with E-state index >= 15 is 0 Å². The van der Waals surface area contributed by atoms with Crippen molar-refractivity contribution in [3.05, 3.63) is 0 Å². The fourth-order valence-electron chi connectivity index (χ4n) is 0.908. The molecule has 0 aliphatic carbocycles. The lowest BCUT2D eigenvalue weighted by atomic mass is 10.3. The predicted molar refractivity (Wildman–Crippen MR) is 44.5 cm³/mol. The molecule has 2 aliphatic heterocycles. The molecule has 0 fully saturated rings. The van der Waals surface area contributed by atoms with E-state index in [9.17, 15) is 4.21 Å². The van der Waals surface area contributed by atoms with Crippen molar-refractivity contribution in [3.63, 3.8) is 0 Å². The van der Waals surface area contributed by atoms with Gasteiger partial charge in [0.05, 0.1) is 0 Å². The quantitative estimate of drug-likeness (QED) is 0.508. The second kappa shape index (κ2) is 2.11. The van der Waals surface area contributed by atoms with Gasteiger partial charge in [0.25, 0.3) is 10.2 Å². The molecule has 64 valence electrons. The van der Waals surface area contributed by atoms with Crippen LogP contribution < -0.4 is 5.73 Å². The van der Waals surface area contributed by atoms with Gasteiger partial charge in [0.15, 0.2) is 11.9 Å². The minimum absolute atomic E-state index is 0.0231. The molecule has 0 radical (unpaired) electrons. The number of amidine groups is 2. The maximum absolute atomic E-state index is 10.9. The van der Waals surface area contributed by atoms with Gasteiger partial charge < -0.3 is 5.73 Å². The van der Waals surface area contributed by atoms with E-state index in [4.69, 9.17) is 10.3 Å². The third kappa shape index (κ3) is 1.01. The van der Waals surface area contributed by atoms with Gasteiger partial charge >= 0.3 is 0 Å². The van der Waals surface area contributed by atoms with Gasteiger partial charge in [-0.05, 0) is 0 Å². The van der Waals surface area contributed by atoms with Crippen molar-refractivity contribution in [2.45, 2.75) is 6.04 Å². The number of hydrogen-bond acceptors (Lipinski definition) is 5. The maximum atomic E-state index is 10.9. The normalized spacial score (nSPS) is 38.2. The first-order valence-electron chi connectivity index (χ1n) is 3.03. The number of hydrogen-bond donors (Lipinski definition) is 2. The molecule has 0 spiro atoms. The Balaban J connectivity index is 2.60. The van der Waals surface area contributed by atoms with E-state index in [0.717, 1.165) is 0 Å². The molecular weight excluding hydrogens is 182 g/mol. The van der Waals surface area contributed by atoms with Crippen molar-refractivity contribution >= 4 is 28.2 Å². The third-order valence-corrected chi connectivity index (χ3v) is 2.24. The van der Waals surface area contributed by atoms with Crippen LogP contribution in [0.2, 0.25) is 0 Å². The van der Waals surface area contributed by atoms with Gasteiger partial charge in [0, 0.05) is 0 Å². The summed E-state index contributed by atoms with van der Waals surface area (Å²) in [6, 6.07) is -0.563. The molecule has 2 aliphatic rings. The van der Waals surface area contributed by atoms with Gasteiger partial charge in [-0.25, -0.2) is 4.99 Å². The summed E-state index contributed by atoms with van der Waals surface area (Å²) in [5, 5.41) is 0. The Kier molecular flexibility index (Phi) is 1.30. The zero-order chi connectivity index (χ0) is 8.77. The van der Waals surface area contributed by atoms with E-state index < -0.39 is 16.2 Å². The lowest BCUT2D eigenvalue weighted by Gasteiger charge is -2.11. The lowest BCUT2D eigenvalue weighted by Crippen LogP contribution is -2.36. The van der Waals surface area contributed by atoms with E-state index in [1.807, 2.05) is 0 Å². The zero-order valence-electron chi connectivity index (χ0n) is 5.78. The van der Waals surface area contributed by atoms with Gasteiger partial charge in [0.1, 0.15) is 12.2 Å². The molecule has 0 amide bonds. The Hall–Kier alpha value is -1.28. The lowest BCUT2D eigenvalue weighted by molar-refractivity contribution is 0.553. The van der Waals surface area contributed by atoms with Crippen molar-refractivity contribution < 1.29 is 8.76 Å². The SMILES string of the molecule is NC1=NS(=O)(O)=NC2=NC=NC12. The number of nitrogens with two attached hydrogens (primary N) is 1. The summed E-state index contributed by atoms with van der Waals surface area (Å²) >= 11 is 0. The molecule has 2 unspecified atom stereocenters. The minimum Gasteiger partial charge on any atom is -0.384 e. The Morgan fingerprint density at radius 2 is 2.42 bits per heavy atom. The van der Waals surface area contributed by atoms with E-state index in [2.05, 4.69) is 18.7 Å². The number of aliphatic imine (C=N–C) groups is 2. The van der Waals surface area contributed by atoms with Crippen LogP contribution in [0.3, 0.4) is 0 Å². The molecule has 2 rings (SSSR count). The summed E-state index contributed by atoms with van der Waals surface area (Å²) in [7, 11) is -3.56. The van der Waals surface area contributed by atoms with Crippen LogP contribution in [0.5, 0.6) is 0 Å². The van der Waals surface area contributed by atoms with Crippen molar-refractivity contribution in [1.29, 1.82) is 0 Å². The highest BCUT2D eigenvalue weighted by atomic mass is 32.2. The summed E-state index contributed by atoms with van der Waals surface area (Å²) in [6.07, 6.45) is 1.24. The second-order valence-electron chi connectivity index (χ2n) is 2.23. The summed E-state index contributed by atoms with van der Waals surface area (Å²) in [4.78, 5) is 7.45. The Labute approximate surface area is 68.3 Å². The van der Waals surface area contributed by atoms with Gasteiger partial charge in [-0.1, -0.05) is 0 Å². The first-order chi connectivity index (χ1) is 5.58. The van der Waals surface area contributed by atoms with Gasteiger partial charge in [-0.2, -0.15) is 4.21 Å². The molecular formula is C4H5N5O2S. The highest BCUT2D eigenvalue weighted by Gasteiger charge is 2.28. The molecule has 12 heavy (non-hydrogen) atoms. The predicted octanol–water partition coefficient (Wildman–Crippen LogP) is -0.978. The topological polar surface area (TPSA) is 113 Å². The Bertz CT molecular complexity index is 427. The third-order valence-electron chi connectivity index (χ3n) is 1.37. The van der Waals surface area contributed by atoms with Crippen molar-refractivity contribution in [1.82, 2.24) is 0 Å². The molecule has 0 aromatic rings. The average molecular weight is 187 g/mol. The average Bonchev–Trinajstić information content (AvgIpc) is 2.31. The second-order valence-corrected chi connectivity index (χ2v) is 3.53. The first kappa shape index (κ1) is 7.37. The van der Waals surface area contributed by atoms with Gasteiger partial charge in [0.2, 0.25) is 0 Å². The van der Waals surface area contributed by atoms with Gasteiger partial charge in [-0.3, -0.25) is 9.55 Å². The molecule has 0 aromatic heterocycles. The smallest absolute Gasteiger partial charge is 0.281 e. The van der Waals surface area contributed by atoms with Crippen LogP contribution in [-0.2, 0) is 10.2 Å². The molecule has 0 bridgehead atoms. The highest BCUT2D eigenvalue weighted by molar-refractivity contribution is 7.87. The highest BCUT2D eigenvalue weighted by Crippen LogP contribution is 2.12. The molecule has 2 heterocycles. The van der Waals surface area contributed by atoms with Crippen LogP contribution in [0, 0.1) is 0 Å². The summed E-state index contributed by atoms with van der Waals surface area (Å²) in [5.41, 5.74) is 5.35. The first-order valence-corrected chi connectivity index (χ1v) is 4.45. The number of nitrogens with zero attached hydrogens (tertiary/aromatic N) is 4. The van der Waals surface area contributed by atoms with E-state index in [1.54, 1.807) is 0 Å². The maximum Gasteiger partial charge on any atom is 0.281 e. The summed E-state index contributed by atoms with van der Waals surface area (Å²) in [6.45, 7) is 0. The fraction of sp³-hybridized carbons (Fsp3) is 0.250.